The molecule has 1 N–H and O–H groups in total. The first-order chi connectivity index (χ1) is 15.6. The van der Waals surface area contributed by atoms with Gasteiger partial charge in [0.2, 0.25) is 0 Å². The second-order valence-corrected chi connectivity index (χ2v) is 9.63. The van der Waals surface area contributed by atoms with Gasteiger partial charge in [0.1, 0.15) is 23.5 Å². The molecule has 1 aromatic carbocycles. The summed E-state index contributed by atoms with van der Waals surface area (Å²) in [5, 5.41) is 3.12. The van der Waals surface area contributed by atoms with Crippen LogP contribution in [0.25, 0.3) is 0 Å². The Hall–Kier alpha value is -3.81. The molecule has 3 aromatic rings. The Morgan fingerprint density at radius 2 is 1.67 bits per heavy atom. The van der Waals surface area contributed by atoms with Crippen molar-refractivity contribution in [2.75, 3.05) is 10.2 Å². The predicted molar refractivity (Wildman–Crippen MR) is 127 cm³/mol. The number of carbonyl (C=O) groups excluding carboxylic acids is 2. The van der Waals surface area contributed by atoms with E-state index in [-0.39, 0.29) is 23.9 Å². The van der Waals surface area contributed by atoms with E-state index in [0.717, 1.165) is 11.1 Å². The summed E-state index contributed by atoms with van der Waals surface area (Å²) >= 11 is 0. The third kappa shape index (κ3) is 4.41. The van der Waals surface area contributed by atoms with Crippen molar-refractivity contribution in [1.29, 1.82) is 0 Å². The molecule has 0 unspecified atom stereocenters. The molecule has 8 heteroatoms. The number of anilines is 3. The van der Waals surface area contributed by atoms with Crippen LogP contribution in [-0.4, -0.2) is 37.3 Å². The van der Waals surface area contributed by atoms with Gasteiger partial charge in [0.15, 0.2) is 0 Å². The van der Waals surface area contributed by atoms with Crippen molar-refractivity contribution >= 4 is 29.3 Å². The van der Waals surface area contributed by atoms with E-state index in [1.54, 1.807) is 37.2 Å². The fraction of sp³-hybridized carbons (Fsp3) is 0.320. The molecule has 8 nitrogen and oxygen atoms in total. The van der Waals surface area contributed by atoms with E-state index in [1.165, 1.54) is 11.2 Å². The van der Waals surface area contributed by atoms with Crippen LogP contribution in [0.1, 0.15) is 45.7 Å². The summed E-state index contributed by atoms with van der Waals surface area (Å²) < 4.78 is 0. The maximum atomic E-state index is 13.4. The van der Waals surface area contributed by atoms with Crippen molar-refractivity contribution in [1.82, 2.24) is 19.9 Å². The number of amides is 3. The van der Waals surface area contributed by atoms with Crippen molar-refractivity contribution in [2.24, 2.45) is 0 Å². The first-order valence-electron chi connectivity index (χ1n) is 10.8. The number of hydrogen-bond acceptors (Lipinski definition) is 6. The maximum Gasteiger partial charge on any atom is 0.332 e. The smallest absolute Gasteiger partial charge is 0.325 e. The molecule has 0 spiro atoms. The van der Waals surface area contributed by atoms with Crippen LogP contribution in [0.3, 0.4) is 0 Å². The quantitative estimate of drug-likeness (QED) is 0.576. The summed E-state index contributed by atoms with van der Waals surface area (Å²) in [6, 6.07) is 12.7. The molecule has 0 bridgehead atoms. The SMILES string of the molecule is CC(C)(C)c1ccc(N2C(=O)N(Cc3ccnc(Nc4ccncn4)c3)C(C)(C)C2=O)cc1. The molecule has 0 radical (unpaired) electrons. The molecule has 1 fully saturated rings. The summed E-state index contributed by atoms with van der Waals surface area (Å²) in [5.74, 6) is 0.966. The van der Waals surface area contributed by atoms with Crippen LogP contribution >= 0.6 is 0 Å². The fourth-order valence-electron chi connectivity index (χ4n) is 3.76. The van der Waals surface area contributed by atoms with E-state index < -0.39 is 5.54 Å². The van der Waals surface area contributed by atoms with E-state index in [2.05, 4.69) is 41.0 Å². The number of carbonyl (C=O) groups is 2. The van der Waals surface area contributed by atoms with Crippen LogP contribution in [0.15, 0.2) is 61.2 Å². The number of pyridine rings is 1. The van der Waals surface area contributed by atoms with Gasteiger partial charge in [-0.05, 0) is 60.7 Å². The number of imide groups is 1. The van der Waals surface area contributed by atoms with Gasteiger partial charge < -0.3 is 10.2 Å². The number of rotatable bonds is 5. The van der Waals surface area contributed by atoms with Gasteiger partial charge in [0, 0.05) is 18.9 Å². The minimum absolute atomic E-state index is 0.0122. The summed E-state index contributed by atoms with van der Waals surface area (Å²) in [6.07, 6.45) is 4.75. The Balaban J connectivity index is 1.57. The average Bonchev–Trinajstić information content (AvgIpc) is 2.94. The van der Waals surface area contributed by atoms with Gasteiger partial charge in [-0.2, -0.15) is 0 Å². The third-order valence-corrected chi connectivity index (χ3v) is 5.82. The lowest BCUT2D eigenvalue weighted by molar-refractivity contribution is -0.123. The molecule has 1 aliphatic rings. The maximum absolute atomic E-state index is 13.4. The van der Waals surface area contributed by atoms with E-state index in [9.17, 15) is 9.59 Å². The first-order valence-corrected chi connectivity index (χ1v) is 10.8. The zero-order valence-electron chi connectivity index (χ0n) is 19.5. The molecule has 4 rings (SSSR count). The molecule has 0 aliphatic carbocycles. The molecular formula is C25H28N6O2. The molecule has 1 aliphatic heterocycles. The number of nitrogens with zero attached hydrogens (tertiary/aromatic N) is 5. The van der Waals surface area contributed by atoms with E-state index >= 15 is 0 Å². The highest BCUT2D eigenvalue weighted by molar-refractivity contribution is 6.22. The molecule has 0 atom stereocenters. The van der Waals surface area contributed by atoms with E-state index in [0.29, 0.717) is 17.3 Å². The second-order valence-electron chi connectivity index (χ2n) is 9.63. The average molecular weight is 445 g/mol. The highest BCUT2D eigenvalue weighted by Crippen LogP contribution is 2.34. The van der Waals surface area contributed by atoms with Crippen molar-refractivity contribution in [2.45, 2.75) is 52.1 Å². The predicted octanol–water partition coefficient (Wildman–Crippen LogP) is 4.66. The lowest BCUT2D eigenvalue weighted by atomic mass is 9.87. The van der Waals surface area contributed by atoms with Gasteiger partial charge in [-0.3, -0.25) is 4.79 Å². The second kappa shape index (κ2) is 8.27. The standard InChI is InChI=1S/C25H28N6O2/c1-24(2,3)18-6-8-19(9-7-18)31-22(32)25(4,5)30(23(31)33)15-17-10-13-27-21(14-17)29-20-11-12-26-16-28-20/h6-14,16H,15H2,1-5H3,(H,26,27,28,29). The van der Waals surface area contributed by atoms with Crippen molar-refractivity contribution in [3.8, 4) is 0 Å². The molecule has 0 saturated carbocycles. The minimum atomic E-state index is -0.983. The van der Waals surface area contributed by atoms with E-state index in [1.807, 2.05) is 36.4 Å². The monoisotopic (exact) mass is 444 g/mol. The summed E-state index contributed by atoms with van der Waals surface area (Å²) in [4.78, 5) is 41.9. The topological polar surface area (TPSA) is 91.3 Å². The molecule has 2 aromatic heterocycles. The van der Waals surface area contributed by atoms with Crippen LogP contribution in [0.2, 0.25) is 0 Å². The van der Waals surface area contributed by atoms with E-state index in [4.69, 9.17) is 0 Å². The van der Waals surface area contributed by atoms with Gasteiger partial charge in [0.05, 0.1) is 5.69 Å². The molecule has 33 heavy (non-hydrogen) atoms. The van der Waals surface area contributed by atoms with Gasteiger partial charge in [-0.15, -0.1) is 0 Å². The van der Waals surface area contributed by atoms with Crippen LogP contribution in [0, 0.1) is 0 Å². The number of nitrogens with one attached hydrogen (secondary N) is 1. The number of aromatic nitrogens is 3. The molecule has 3 amide bonds. The normalized spacial score (nSPS) is 15.8. The zero-order valence-corrected chi connectivity index (χ0v) is 19.5. The molecule has 3 heterocycles. The summed E-state index contributed by atoms with van der Waals surface area (Å²) in [7, 11) is 0. The van der Waals surface area contributed by atoms with Gasteiger partial charge in [-0.1, -0.05) is 32.9 Å². The highest BCUT2D eigenvalue weighted by Gasteiger charge is 2.51. The zero-order chi connectivity index (χ0) is 23.8. The molecular weight excluding hydrogens is 416 g/mol. The Bertz CT molecular complexity index is 1170. The number of hydrogen-bond donors (Lipinski definition) is 1. The van der Waals surface area contributed by atoms with Crippen molar-refractivity contribution in [3.05, 3.63) is 72.3 Å². The Morgan fingerprint density at radius 3 is 2.30 bits per heavy atom. The lowest BCUT2D eigenvalue weighted by Crippen LogP contribution is -2.43. The van der Waals surface area contributed by atoms with Crippen LogP contribution < -0.4 is 10.2 Å². The van der Waals surface area contributed by atoms with Crippen LogP contribution in [-0.2, 0) is 16.8 Å². The fourth-order valence-corrected chi connectivity index (χ4v) is 3.76. The van der Waals surface area contributed by atoms with Gasteiger partial charge >= 0.3 is 6.03 Å². The Morgan fingerprint density at radius 1 is 0.939 bits per heavy atom. The largest absolute Gasteiger partial charge is 0.332 e. The Labute approximate surface area is 193 Å². The minimum Gasteiger partial charge on any atom is -0.325 e. The van der Waals surface area contributed by atoms with Crippen molar-refractivity contribution in [3.63, 3.8) is 0 Å². The van der Waals surface area contributed by atoms with Gasteiger partial charge in [0.25, 0.3) is 5.91 Å². The molecule has 170 valence electrons. The van der Waals surface area contributed by atoms with Crippen LogP contribution in [0.5, 0.6) is 0 Å². The third-order valence-electron chi connectivity index (χ3n) is 5.82. The van der Waals surface area contributed by atoms with Crippen molar-refractivity contribution < 1.29 is 9.59 Å². The van der Waals surface area contributed by atoms with Gasteiger partial charge in [-0.25, -0.2) is 24.6 Å². The first kappa shape index (κ1) is 22.4. The molecule has 1 saturated heterocycles. The highest BCUT2D eigenvalue weighted by atomic mass is 16.2. The summed E-state index contributed by atoms with van der Waals surface area (Å²) in [6.45, 7) is 10.2. The number of urea groups is 1. The van der Waals surface area contributed by atoms with Crippen LogP contribution in [0.4, 0.5) is 22.1 Å². The lowest BCUT2D eigenvalue weighted by Gasteiger charge is -2.27. The number of benzene rings is 1. The summed E-state index contributed by atoms with van der Waals surface area (Å²) in [5.41, 5.74) is 1.57. The Kier molecular flexibility index (Phi) is 5.61.